The van der Waals surface area contributed by atoms with Gasteiger partial charge in [-0.1, -0.05) is 42.5 Å². The highest BCUT2D eigenvalue weighted by molar-refractivity contribution is 5.64. The highest BCUT2D eigenvalue weighted by atomic mass is 19.1. The molecule has 2 unspecified atom stereocenters. The number of fused-ring (bicyclic) bond motifs is 1. The maximum atomic E-state index is 14.7. The van der Waals surface area contributed by atoms with Crippen LogP contribution in [0.15, 0.2) is 79.3 Å². The number of benzene rings is 3. The zero-order chi connectivity index (χ0) is 21.6. The molecule has 0 saturated heterocycles. The van der Waals surface area contributed by atoms with Crippen LogP contribution in [0.2, 0.25) is 0 Å². The van der Waals surface area contributed by atoms with Gasteiger partial charge in [0, 0.05) is 12.0 Å². The Bertz CT molecular complexity index is 1320. The zero-order valence-electron chi connectivity index (χ0n) is 16.3. The second-order valence-electron chi connectivity index (χ2n) is 7.70. The highest BCUT2D eigenvalue weighted by Crippen LogP contribution is 2.47. The normalized spacial score (nSPS) is 19.7. The predicted molar refractivity (Wildman–Crippen MR) is 111 cm³/mol. The first-order valence-corrected chi connectivity index (χ1v) is 9.80. The monoisotopic (exact) mass is 413 g/mol. The van der Waals surface area contributed by atoms with E-state index in [4.69, 9.17) is 5.26 Å². The largest absolute Gasteiger partial charge is 0.379 e. The molecule has 0 bridgehead atoms. The van der Waals surface area contributed by atoms with Crippen LogP contribution in [0.5, 0.6) is 0 Å². The molecule has 1 aromatic heterocycles. The minimum absolute atomic E-state index is 0.229. The van der Waals surface area contributed by atoms with E-state index >= 15 is 0 Å². The van der Waals surface area contributed by atoms with Crippen molar-refractivity contribution in [3.63, 3.8) is 0 Å². The number of hydrogen-bond donors (Lipinski definition) is 1. The third-order valence-corrected chi connectivity index (χ3v) is 5.92. The van der Waals surface area contributed by atoms with E-state index in [9.17, 15) is 13.9 Å². The summed E-state index contributed by atoms with van der Waals surface area (Å²) in [7, 11) is 0. The SMILES string of the molecule is N#Cc1ccc(C2CC(O)(c3ccc(-c4cccc(F)c4)cc3)c3cncn32)c(F)c1. The van der Waals surface area contributed by atoms with Crippen molar-refractivity contribution in [2.24, 2.45) is 0 Å². The third-order valence-electron chi connectivity index (χ3n) is 5.92. The fourth-order valence-corrected chi connectivity index (χ4v) is 4.35. The summed E-state index contributed by atoms with van der Waals surface area (Å²) in [4.78, 5) is 4.17. The quantitative estimate of drug-likeness (QED) is 0.518. The molecule has 1 N–H and O–H groups in total. The van der Waals surface area contributed by atoms with Gasteiger partial charge in [-0.2, -0.15) is 5.26 Å². The van der Waals surface area contributed by atoms with Crippen molar-refractivity contribution in [2.45, 2.75) is 18.1 Å². The molecule has 1 aliphatic heterocycles. The minimum atomic E-state index is -1.36. The molecular formula is C25H17F2N3O. The maximum absolute atomic E-state index is 14.7. The van der Waals surface area contributed by atoms with Gasteiger partial charge >= 0.3 is 0 Å². The molecule has 5 rings (SSSR count). The zero-order valence-corrected chi connectivity index (χ0v) is 16.3. The highest BCUT2D eigenvalue weighted by Gasteiger charge is 2.45. The van der Waals surface area contributed by atoms with Gasteiger partial charge in [0.1, 0.15) is 17.2 Å². The van der Waals surface area contributed by atoms with Crippen LogP contribution in [0.25, 0.3) is 11.1 Å². The fourth-order valence-electron chi connectivity index (χ4n) is 4.35. The van der Waals surface area contributed by atoms with Crippen LogP contribution in [0.4, 0.5) is 8.78 Å². The second kappa shape index (κ2) is 7.15. The molecule has 2 heterocycles. The van der Waals surface area contributed by atoms with Crippen molar-refractivity contribution in [3.8, 4) is 17.2 Å². The molecule has 0 amide bonds. The summed E-state index contributed by atoms with van der Waals surface area (Å²) in [6.45, 7) is 0. The second-order valence-corrected chi connectivity index (χ2v) is 7.70. The van der Waals surface area contributed by atoms with E-state index in [1.54, 1.807) is 47.4 Å². The van der Waals surface area contributed by atoms with Gasteiger partial charge in [0.2, 0.25) is 0 Å². The van der Waals surface area contributed by atoms with Gasteiger partial charge in [-0.15, -0.1) is 0 Å². The molecule has 6 heteroatoms. The van der Waals surface area contributed by atoms with E-state index < -0.39 is 17.5 Å². The van der Waals surface area contributed by atoms with E-state index in [2.05, 4.69) is 4.98 Å². The Morgan fingerprint density at radius 3 is 2.55 bits per heavy atom. The van der Waals surface area contributed by atoms with Gasteiger partial charge in [-0.05, 0) is 41.0 Å². The van der Waals surface area contributed by atoms with Crippen LogP contribution in [0.1, 0.15) is 34.8 Å². The Morgan fingerprint density at radius 2 is 1.84 bits per heavy atom. The molecule has 0 radical (unpaired) electrons. The predicted octanol–water partition coefficient (Wildman–Crippen LogP) is 4.93. The van der Waals surface area contributed by atoms with Gasteiger partial charge in [0.25, 0.3) is 0 Å². The number of aliphatic hydroxyl groups is 1. The molecule has 3 aromatic carbocycles. The topological polar surface area (TPSA) is 61.8 Å². The van der Waals surface area contributed by atoms with Crippen LogP contribution < -0.4 is 0 Å². The van der Waals surface area contributed by atoms with Crippen molar-refractivity contribution in [1.82, 2.24) is 9.55 Å². The summed E-state index contributed by atoms with van der Waals surface area (Å²) < 4.78 is 30.0. The average molecular weight is 413 g/mol. The summed E-state index contributed by atoms with van der Waals surface area (Å²) in [5.41, 5.74) is 2.06. The number of imidazole rings is 1. The van der Waals surface area contributed by atoms with E-state index in [0.29, 0.717) is 16.8 Å². The first-order valence-electron chi connectivity index (χ1n) is 9.80. The molecule has 0 spiro atoms. The first-order chi connectivity index (χ1) is 15.0. The van der Waals surface area contributed by atoms with Crippen LogP contribution in [-0.4, -0.2) is 14.7 Å². The number of hydrogen-bond acceptors (Lipinski definition) is 3. The van der Waals surface area contributed by atoms with Crippen molar-refractivity contribution in [3.05, 3.63) is 113 Å². The van der Waals surface area contributed by atoms with Crippen molar-refractivity contribution in [1.29, 1.82) is 5.26 Å². The van der Waals surface area contributed by atoms with Gasteiger partial charge in [-0.3, -0.25) is 0 Å². The Morgan fingerprint density at radius 1 is 1.03 bits per heavy atom. The lowest BCUT2D eigenvalue weighted by Crippen LogP contribution is -2.24. The standard InChI is InChI=1S/C25H17F2N3O/c26-20-3-1-2-18(11-20)17-5-7-19(8-6-17)25(31)12-23(30-15-29-14-24(25)30)21-9-4-16(13-28)10-22(21)27/h1-11,14-15,23,31H,12H2. The molecule has 2 atom stereocenters. The molecule has 1 aliphatic rings. The molecular weight excluding hydrogens is 396 g/mol. The summed E-state index contributed by atoms with van der Waals surface area (Å²) in [5.74, 6) is -0.804. The number of nitriles is 1. The van der Waals surface area contributed by atoms with E-state index in [0.717, 1.165) is 11.1 Å². The Balaban J connectivity index is 1.53. The lowest BCUT2D eigenvalue weighted by atomic mass is 9.86. The molecule has 31 heavy (non-hydrogen) atoms. The van der Waals surface area contributed by atoms with Gasteiger partial charge in [0.15, 0.2) is 0 Å². The van der Waals surface area contributed by atoms with Gasteiger partial charge in [0.05, 0.1) is 35.9 Å². The molecule has 152 valence electrons. The van der Waals surface area contributed by atoms with Crippen molar-refractivity contribution in [2.75, 3.05) is 0 Å². The van der Waals surface area contributed by atoms with E-state index in [-0.39, 0.29) is 17.8 Å². The summed E-state index contributed by atoms with van der Waals surface area (Å²) in [6, 6.07) is 19.4. The van der Waals surface area contributed by atoms with E-state index in [1.807, 2.05) is 24.3 Å². The minimum Gasteiger partial charge on any atom is -0.379 e. The average Bonchev–Trinajstić information content (AvgIpc) is 3.37. The van der Waals surface area contributed by atoms with Crippen LogP contribution in [0.3, 0.4) is 0 Å². The molecule has 4 nitrogen and oxygen atoms in total. The maximum Gasteiger partial charge on any atom is 0.133 e. The smallest absolute Gasteiger partial charge is 0.133 e. The summed E-state index contributed by atoms with van der Waals surface area (Å²) in [5, 5.41) is 20.6. The first kappa shape index (κ1) is 19.2. The van der Waals surface area contributed by atoms with Crippen LogP contribution >= 0.6 is 0 Å². The molecule has 0 saturated carbocycles. The lowest BCUT2D eigenvalue weighted by molar-refractivity contribution is 0.0792. The number of aromatic nitrogens is 2. The molecule has 0 fully saturated rings. The Labute approximate surface area is 177 Å². The third kappa shape index (κ3) is 3.11. The Kier molecular flexibility index (Phi) is 4.42. The molecule has 4 aromatic rings. The number of rotatable bonds is 3. The lowest BCUT2D eigenvalue weighted by Gasteiger charge is -2.23. The van der Waals surface area contributed by atoms with Crippen LogP contribution in [0, 0.1) is 23.0 Å². The fraction of sp³-hybridized carbons (Fsp3) is 0.120. The van der Waals surface area contributed by atoms with Gasteiger partial charge < -0.3 is 9.67 Å². The van der Waals surface area contributed by atoms with Gasteiger partial charge in [-0.25, -0.2) is 13.8 Å². The Hall–Kier alpha value is -3.82. The number of halogens is 2. The van der Waals surface area contributed by atoms with E-state index in [1.165, 1.54) is 18.2 Å². The van der Waals surface area contributed by atoms with Crippen molar-refractivity contribution >= 4 is 0 Å². The summed E-state index contributed by atoms with van der Waals surface area (Å²) >= 11 is 0. The molecule has 0 aliphatic carbocycles. The summed E-state index contributed by atoms with van der Waals surface area (Å²) in [6.07, 6.45) is 3.39. The van der Waals surface area contributed by atoms with Crippen molar-refractivity contribution < 1.29 is 13.9 Å². The number of nitrogens with zero attached hydrogens (tertiary/aromatic N) is 3. The van der Waals surface area contributed by atoms with Crippen LogP contribution in [-0.2, 0) is 5.60 Å².